The van der Waals surface area contributed by atoms with E-state index in [1.807, 2.05) is 0 Å². The molecule has 0 aliphatic carbocycles. The first-order valence-electron chi connectivity index (χ1n) is 9.51. The van der Waals surface area contributed by atoms with Crippen molar-refractivity contribution in [2.45, 2.75) is 19.2 Å². The Bertz CT molecular complexity index is 1310. The smallest absolute Gasteiger partial charge is 0.417 e. The number of benzene rings is 1. The fourth-order valence-corrected chi connectivity index (χ4v) is 2.79. The van der Waals surface area contributed by atoms with Crippen molar-refractivity contribution in [2.24, 2.45) is 0 Å². The molecule has 14 heteroatoms. The molecular formula is C21H13ClF3N5O5. The van der Waals surface area contributed by atoms with Gasteiger partial charge < -0.3 is 14.8 Å². The van der Waals surface area contributed by atoms with Crippen molar-refractivity contribution in [1.82, 2.24) is 9.97 Å². The van der Waals surface area contributed by atoms with Gasteiger partial charge in [0.2, 0.25) is 11.6 Å². The predicted octanol–water partition coefficient (Wildman–Crippen LogP) is 5.13. The van der Waals surface area contributed by atoms with Crippen LogP contribution in [0.15, 0.2) is 48.7 Å². The van der Waals surface area contributed by atoms with Crippen LogP contribution in [0.2, 0.25) is 5.02 Å². The van der Waals surface area contributed by atoms with Gasteiger partial charge in [-0.05, 0) is 43.3 Å². The highest BCUT2D eigenvalue weighted by atomic mass is 35.5. The van der Waals surface area contributed by atoms with Gasteiger partial charge in [-0.2, -0.15) is 18.4 Å². The number of hydrogen-bond donors (Lipinski definition) is 1. The van der Waals surface area contributed by atoms with Crippen molar-refractivity contribution in [3.05, 3.63) is 75.1 Å². The highest BCUT2D eigenvalue weighted by molar-refractivity contribution is 6.31. The molecule has 2 heterocycles. The minimum absolute atomic E-state index is 0.0720. The van der Waals surface area contributed by atoms with E-state index in [-0.39, 0.29) is 28.2 Å². The Morgan fingerprint density at radius 3 is 2.46 bits per heavy atom. The summed E-state index contributed by atoms with van der Waals surface area (Å²) in [5.74, 6) is -0.495. The van der Waals surface area contributed by atoms with Gasteiger partial charge in [-0.3, -0.25) is 14.9 Å². The summed E-state index contributed by atoms with van der Waals surface area (Å²) in [5.41, 5.74) is -1.97. The van der Waals surface area contributed by atoms with Gasteiger partial charge in [0, 0.05) is 12.3 Å². The number of nitrogens with zero attached hydrogens (tertiary/aromatic N) is 4. The summed E-state index contributed by atoms with van der Waals surface area (Å²) in [6, 6.07) is 10.2. The van der Waals surface area contributed by atoms with E-state index in [2.05, 4.69) is 15.3 Å². The lowest BCUT2D eigenvalue weighted by Gasteiger charge is -2.15. The molecule has 1 unspecified atom stereocenters. The highest BCUT2D eigenvalue weighted by Gasteiger charge is 2.31. The molecule has 0 saturated heterocycles. The number of nitro groups is 1. The third kappa shape index (κ3) is 6.33. The maximum atomic E-state index is 12.7. The molecule has 0 saturated carbocycles. The van der Waals surface area contributed by atoms with Crippen molar-refractivity contribution in [1.29, 1.82) is 5.26 Å². The molecule has 1 N–H and O–H groups in total. The number of halogens is 4. The van der Waals surface area contributed by atoms with Crippen molar-refractivity contribution in [3.8, 4) is 23.4 Å². The fraction of sp³-hybridized carbons (Fsp3) is 0.143. The molecule has 0 aliphatic rings. The number of hydrogen-bond acceptors (Lipinski definition) is 8. The van der Waals surface area contributed by atoms with Crippen LogP contribution in [0.1, 0.15) is 18.2 Å². The minimum atomic E-state index is -4.59. The summed E-state index contributed by atoms with van der Waals surface area (Å²) in [6.45, 7) is 1.43. The zero-order valence-corrected chi connectivity index (χ0v) is 18.3. The number of alkyl halides is 3. The number of aromatic nitrogens is 2. The van der Waals surface area contributed by atoms with E-state index in [0.29, 0.717) is 12.3 Å². The number of carbonyl (C=O) groups is 1. The van der Waals surface area contributed by atoms with Crippen molar-refractivity contribution < 1.29 is 32.4 Å². The average Bonchev–Trinajstić information content (AvgIpc) is 2.80. The number of anilines is 1. The number of pyridine rings is 2. The second-order valence-electron chi connectivity index (χ2n) is 6.76. The summed E-state index contributed by atoms with van der Waals surface area (Å²) in [4.78, 5) is 29.8. The molecule has 10 nitrogen and oxygen atoms in total. The number of nitriles is 1. The normalized spacial score (nSPS) is 11.8. The maximum absolute atomic E-state index is 12.7. The van der Waals surface area contributed by atoms with E-state index in [4.69, 9.17) is 26.3 Å². The Morgan fingerprint density at radius 2 is 1.89 bits per heavy atom. The van der Waals surface area contributed by atoms with Gasteiger partial charge in [-0.15, -0.1) is 0 Å². The second-order valence-corrected chi connectivity index (χ2v) is 7.17. The molecule has 1 aromatic carbocycles. The first-order valence-corrected chi connectivity index (χ1v) is 9.89. The molecule has 180 valence electrons. The van der Waals surface area contributed by atoms with Crippen LogP contribution in [-0.2, 0) is 11.0 Å². The fourth-order valence-electron chi connectivity index (χ4n) is 2.59. The molecule has 1 amide bonds. The Labute approximate surface area is 200 Å². The van der Waals surface area contributed by atoms with Crippen LogP contribution in [0.4, 0.5) is 24.7 Å². The van der Waals surface area contributed by atoms with Crippen LogP contribution in [0.5, 0.6) is 17.4 Å². The van der Waals surface area contributed by atoms with Gasteiger partial charge in [-0.1, -0.05) is 11.6 Å². The number of rotatable bonds is 7. The van der Waals surface area contributed by atoms with Gasteiger partial charge in [-0.25, -0.2) is 9.97 Å². The van der Waals surface area contributed by atoms with E-state index < -0.39 is 40.1 Å². The Balaban J connectivity index is 1.62. The van der Waals surface area contributed by atoms with Gasteiger partial charge >= 0.3 is 11.9 Å². The first-order chi connectivity index (χ1) is 16.5. The van der Waals surface area contributed by atoms with Crippen LogP contribution in [-0.4, -0.2) is 26.9 Å². The Kier molecular flexibility index (Phi) is 7.36. The molecule has 0 aliphatic heterocycles. The summed E-state index contributed by atoms with van der Waals surface area (Å²) < 4.78 is 49.0. The molecule has 3 rings (SSSR count). The molecule has 0 fully saturated rings. The lowest BCUT2D eigenvalue weighted by molar-refractivity contribution is -0.385. The molecule has 0 bridgehead atoms. The van der Waals surface area contributed by atoms with Crippen LogP contribution in [0.25, 0.3) is 0 Å². The summed E-state index contributed by atoms with van der Waals surface area (Å²) in [7, 11) is 0. The predicted molar refractivity (Wildman–Crippen MR) is 115 cm³/mol. The molecule has 35 heavy (non-hydrogen) atoms. The highest BCUT2D eigenvalue weighted by Crippen LogP contribution is 2.35. The zero-order valence-electron chi connectivity index (χ0n) is 17.5. The standard InChI is InChI=1S/C21H13ClF3N5O5/c1-11(19(31)29-18-7-6-17(30(32)33)16(9-26)28-18)34-13-2-4-14(5-3-13)35-20-15(22)8-12(10-27-20)21(23,24)25/h2-8,10-11H,1H3,(H,28,29,31). The van der Waals surface area contributed by atoms with Gasteiger partial charge in [0.1, 0.15) is 28.4 Å². The van der Waals surface area contributed by atoms with Crippen LogP contribution < -0.4 is 14.8 Å². The third-order valence-electron chi connectivity index (χ3n) is 4.28. The zero-order chi connectivity index (χ0) is 25.8. The van der Waals surface area contributed by atoms with Crippen LogP contribution in [0, 0.1) is 21.4 Å². The number of amides is 1. The quantitative estimate of drug-likeness (QED) is 0.343. The van der Waals surface area contributed by atoms with Crippen molar-refractivity contribution in [2.75, 3.05) is 5.32 Å². The van der Waals surface area contributed by atoms with Crippen LogP contribution >= 0.6 is 11.6 Å². The van der Waals surface area contributed by atoms with Gasteiger partial charge in [0.25, 0.3) is 5.91 Å². The number of ether oxygens (including phenoxy) is 2. The van der Waals surface area contributed by atoms with Gasteiger partial charge in [0.05, 0.1) is 10.5 Å². The van der Waals surface area contributed by atoms with Gasteiger partial charge in [0.15, 0.2) is 6.10 Å². The first kappa shape index (κ1) is 25.2. The van der Waals surface area contributed by atoms with E-state index in [1.54, 1.807) is 6.07 Å². The van der Waals surface area contributed by atoms with Crippen LogP contribution in [0.3, 0.4) is 0 Å². The number of nitrogens with one attached hydrogen (secondary N) is 1. The molecular weight excluding hydrogens is 495 g/mol. The van der Waals surface area contributed by atoms with Crippen molar-refractivity contribution in [3.63, 3.8) is 0 Å². The average molecular weight is 508 g/mol. The molecule has 0 radical (unpaired) electrons. The summed E-state index contributed by atoms with van der Waals surface area (Å²) in [6.07, 6.45) is -5.03. The SMILES string of the molecule is CC(Oc1ccc(Oc2ncc(C(F)(F)F)cc2Cl)cc1)C(=O)Nc1ccc([N+](=O)[O-])c(C#N)n1. The number of carbonyl (C=O) groups excluding carboxylic acids is 1. The Morgan fingerprint density at radius 1 is 1.23 bits per heavy atom. The summed E-state index contributed by atoms with van der Waals surface area (Å²) in [5, 5.41) is 21.9. The summed E-state index contributed by atoms with van der Waals surface area (Å²) >= 11 is 5.82. The monoisotopic (exact) mass is 507 g/mol. The molecule has 2 aromatic heterocycles. The van der Waals surface area contributed by atoms with E-state index in [1.165, 1.54) is 37.3 Å². The van der Waals surface area contributed by atoms with E-state index in [9.17, 15) is 28.1 Å². The minimum Gasteiger partial charge on any atom is -0.481 e. The van der Waals surface area contributed by atoms with Crippen molar-refractivity contribution >= 4 is 29.0 Å². The molecule has 1 atom stereocenters. The topological polar surface area (TPSA) is 140 Å². The van der Waals surface area contributed by atoms with E-state index in [0.717, 1.165) is 6.07 Å². The lowest BCUT2D eigenvalue weighted by atomic mass is 10.3. The molecule has 0 spiro atoms. The largest absolute Gasteiger partial charge is 0.481 e. The lowest BCUT2D eigenvalue weighted by Crippen LogP contribution is -2.30. The molecule has 3 aromatic rings. The second kappa shape index (κ2) is 10.2. The van der Waals surface area contributed by atoms with E-state index >= 15 is 0 Å². The Hall–Kier alpha value is -4.44. The maximum Gasteiger partial charge on any atom is 0.417 e. The third-order valence-corrected chi connectivity index (χ3v) is 4.55.